The van der Waals surface area contributed by atoms with Gasteiger partial charge in [-0.3, -0.25) is 19.2 Å². The van der Waals surface area contributed by atoms with Gasteiger partial charge in [0.1, 0.15) is 23.7 Å². The Bertz CT molecular complexity index is 2360. The monoisotopic (exact) mass is 860 g/mol. The highest BCUT2D eigenvalue weighted by molar-refractivity contribution is 5.90. The minimum absolute atomic E-state index is 0.147. The van der Waals surface area contributed by atoms with Gasteiger partial charge in [0.15, 0.2) is 0 Å². The fourth-order valence-electron chi connectivity index (χ4n) is 8.80. The Kier molecular flexibility index (Phi) is 13.4. The Labute approximate surface area is 374 Å². The van der Waals surface area contributed by atoms with E-state index in [9.17, 15) is 19.2 Å². The van der Waals surface area contributed by atoms with Gasteiger partial charge in [-0.15, -0.1) is 0 Å². The fourth-order valence-corrected chi connectivity index (χ4v) is 8.80. The van der Waals surface area contributed by atoms with Crippen molar-refractivity contribution in [1.29, 1.82) is 0 Å². The van der Waals surface area contributed by atoms with Gasteiger partial charge in [-0.1, -0.05) is 109 Å². The molecule has 2 aromatic heterocycles. The first-order valence-corrected chi connectivity index (χ1v) is 21.9. The molecule has 0 saturated carbocycles. The van der Waals surface area contributed by atoms with Crippen LogP contribution in [0.3, 0.4) is 0 Å². The smallest absolute Gasteiger partial charge is 0.250 e. The van der Waals surface area contributed by atoms with Crippen LogP contribution < -0.4 is 10.6 Å². The average molecular weight is 861 g/mol. The van der Waals surface area contributed by atoms with E-state index in [0.717, 1.165) is 82.1 Å². The number of likely N-dealkylation sites (tertiary alicyclic amines) is 2. The summed E-state index contributed by atoms with van der Waals surface area (Å²) in [5.74, 6) is 0.727. The highest BCUT2D eigenvalue weighted by atomic mass is 16.2. The number of aromatic amines is 2. The van der Waals surface area contributed by atoms with Crippen LogP contribution in [0.5, 0.6) is 0 Å². The van der Waals surface area contributed by atoms with E-state index in [2.05, 4.69) is 69.1 Å². The molecule has 330 valence electrons. The molecule has 14 heteroatoms. The van der Waals surface area contributed by atoms with Gasteiger partial charge in [0.2, 0.25) is 23.6 Å². The number of H-pyrrole nitrogens is 2. The van der Waals surface area contributed by atoms with Gasteiger partial charge in [-0.25, -0.2) is 9.97 Å². The number of amides is 4. The van der Waals surface area contributed by atoms with Crippen LogP contribution in [0.4, 0.5) is 0 Å². The molecule has 0 radical (unpaired) electrons. The number of imidazole rings is 2. The number of carbonyl (C=O) groups excluding carboxylic acids is 4. The van der Waals surface area contributed by atoms with Gasteiger partial charge in [0, 0.05) is 13.1 Å². The molecule has 4 unspecified atom stereocenters. The largest absolute Gasteiger partial charge is 0.340 e. The number of rotatable bonds is 15. The molecule has 0 bridgehead atoms. The van der Waals surface area contributed by atoms with E-state index in [-0.39, 0.29) is 48.8 Å². The normalized spacial score (nSPS) is 17.2. The molecular formula is C50H56N10O4. The molecule has 2 fully saturated rings. The number of likely N-dealkylation sites (N-methyl/N-ethyl adjacent to an activating group) is 2. The van der Waals surface area contributed by atoms with Gasteiger partial charge < -0.3 is 40.2 Å². The van der Waals surface area contributed by atoms with E-state index in [4.69, 9.17) is 9.97 Å². The second-order valence-electron chi connectivity index (χ2n) is 17.2. The highest BCUT2D eigenvalue weighted by Crippen LogP contribution is 2.36. The highest BCUT2D eigenvalue weighted by Gasteiger charge is 2.38. The van der Waals surface area contributed by atoms with Crippen molar-refractivity contribution in [2.24, 2.45) is 0 Å². The maximum atomic E-state index is 14.1. The summed E-state index contributed by atoms with van der Waals surface area (Å²) in [5, 5.41) is 5.95. The van der Waals surface area contributed by atoms with Crippen LogP contribution in [0.15, 0.2) is 122 Å². The summed E-state index contributed by atoms with van der Waals surface area (Å²) < 4.78 is 0. The van der Waals surface area contributed by atoms with Gasteiger partial charge >= 0.3 is 0 Å². The molecule has 0 aliphatic carbocycles. The minimum atomic E-state index is -0.795. The number of carbonyl (C=O) groups is 4. The fraction of sp³-hybridized carbons (Fsp3) is 0.320. The predicted octanol–water partition coefficient (Wildman–Crippen LogP) is 6.30. The Hall–Kier alpha value is -6.90. The number of hydrogen-bond acceptors (Lipinski definition) is 8. The summed E-state index contributed by atoms with van der Waals surface area (Å²) in [5.41, 5.74) is 7.27. The Morgan fingerprint density at radius 2 is 0.922 bits per heavy atom. The molecule has 4 amide bonds. The summed E-state index contributed by atoms with van der Waals surface area (Å²) in [6.07, 6.45) is 6.85. The zero-order valence-electron chi connectivity index (χ0n) is 36.8. The molecule has 2 aliphatic rings. The van der Waals surface area contributed by atoms with Crippen LogP contribution in [0.1, 0.15) is 72.6 Å². The molecule has 4 N–H and O–H groups in total. The van der Waals surface area contributed by atoms with Gasteiger partial charge in [-0.05, 0) is 87.3 Å². The van der Waals surface area contributed by atoms with E-state index >= 15 is 0 Å². The molecule has 14 nitrogen and oxygen atoms in total. The lowest BCUT2D eigenvalue weighted by Crippen LogP contribution is -2.45. The summed E-state index contributed by atoms with van der Waals surface area (Å²) in [4.78, 5) is 77.7. The SMILES string of the molecule is CN(C)CC(=O)NC(C(=O)N1CCCC1c1ncc(-c2ccc(-c3ccc(-c4cnc(C5CCCN5C(=O)C(NC(=O)CN(C)C)c5ccccc5)[nH]4)cc3)cc2)[nH]1)c1ccccc1. The number of hydrogen-bond donors (Lipinski definition) is 4. The first-order valence-electron chi connectivity index (χ1n) is 21.9. The van der Waals surface area contributed by atoms with Gasteiger partial charge in [0.25, 0.3) is 0 Å². The Balaban J connectivity index is 0.922. The summed E-state index contributed by atoms with van der Waals surface area (Å²) in [6, 6.07) is 33.3. The van der Waals surface area contributed by atoms with E-state index < -0.39 is 12.1 Å². The summed E-state index contributed by atoms with van der Waals surface area (Å²) in [6.45, 7) is 1.53. The molecule has 64 heavy (non-hydrogen) atoms. The lowest BCUT2D eigenvalue weighted by Gasteiger charge is -2.29. The zero-order chi connectivity index (χ0) is 44.7. The van der Waals surface area contributed by atoms with Crippen molar-refractivity contribution >= 4 is 23.6 Å². The first kappa shape index (κ1) is 43.7. The average Bonchev–Trinajstić information content (AvgIpc) is 4.15. The van der Waals surface area contributed by atoms with Gasteiger partial charge in [0.05, 0.1) is 49.0 Å². The molecule has 4 heterocycles. The van der Waals surface area contributed by atoms with Crippen molar-refractivity contribution in [2.45, 2.75) is 49.9 Å². The lowest BCUT2D eigenvalue weighted by atomic mass is 10.0. The third kappa shape index (κ3) is 9.98. The molecule has 2 saturated heterocycles. The topological polar surface area (TPSA) is 163 Å². The lowest BCUT2D eigenvalue weighted by molar-refractivity contribution is -0.138. The predicted molar refractivity (Wildman–Crippen MR) is 246 cm³/mol. The molecule has 4 atom stereocenters. The number of aromatic nitrogens is 4. The van der Waals surface area contributed by atoms with Crippen LogP contribution in [0.25, 0.3) is 33.6 Å². The van der Waals surface area contributed by atoms with E-state index in [1.807, 2.05) is 111 Å². The third-order valence-electron chi connectivity index (χ3n) is 11.9. The molecular weight excluding hydrogens is 805 g/mol. The molecule has 8 rings (SSSR count). The van der Waals surface area contributed by atoms with Crippen molar-refractivity contribution in [3.05, 3.63) is 144 Å². The van der Waals surface area contributed by atoms with Crippen molar-refractivity contribution in [3.63, 3.8) is 0 Å². The van der Waals surface area contributed by atoms with Crippen molar-refractivity contribution in [3.8, 4) is 33.6 Å². The van der Waals surface area contributed by atoms with E-state index in [1.165, 1.54) is 0 Å². The zero-order valence-corrected chi connectivity index (χ0v) is 36.8. The number of nitrogens with one attached hydrogen (secondary N) is 4. The summed E-state index contributed by atoms with van der Waals surface area (Å²) in [7, 11) is 7.30. The van der Waals surface area contributed by atoms with Crippen LogP contribution in [0.2, 0.25) is 0 Å². The quantitative estimate of drug-likeness (QED) is 0.0936. The second-order valence-corrected chi connectivity index (χ2v) is 17.2. The van der Waals surface area contributed by atoms with Crippen molar-refractivity contribution in [1.82, 2.24) is 50.2 Å². The standard InChI is InChI=1S/C50H56N10O4/c1-57(2)31-43(61)55-45(37-13-7-5-8-14-37)49(63)59-27-11-17-41(59)47-51-29-39(53-47)35-23-19-33(20-24-35)34-21-25-36(26-22-34)40-30-52-48(54-40)42-18-12-28-60(42)50(64)46(38-15-9-6-10-16-38)56-44(62)32-58(3)4/h5-10,13-16,19-26,29-30,41-42,45-46H,11-12,17-18,27-28,31-32H2,1-4H3,(H,51,53)(H,52,54)(H,55,61)(H,56,62). The summed E-state index contributed by atoms with van der Waals surface area (Å²) >= 11 is 0. The van der Waals surface area contributed by atoms with Crippen LogP contribution >= 0.6 is 0 Å². The van der Waals surface area contributed by atoms with Crippen molar-refractivity contribution < 1.29 is 19.2 Å². The first-order chi connectivity index (χ1) is 31.0. The Morgan fingerprint density at radius 3 is 1.28 bits per heavy atom. The maximum absolute atomic E-state index is 14.1. The molecule has 6 aromatic rings. The molecule has 4 aromatic carbocycles. The Morgan fingerprint density at radius 1 is 0.562 bits per heavy atom. The van der Waals surface area contributed by atoms with E-state index in [1.54, 1.807) is 9.80 Å². The molecule has 0 spiro atoms. The maximum Gasteiger partial charge on any atom is 0.250 e. The van der Waals surface area contributed by atoms with Crippen LogP contribution in [-0.4, -0.2) is 118 Å². The number of nitrogens with zero attached hydrogens (tertiary/aromatic N) is 6. The van der Waals surface area contributed by atoms with Crippen LogP contribution in [0, 0.1) is 0 Å². The third-order valence-corrected chi connectivity index (χ3v) is 11.9. The minimum Gasteiger partial charge on any atom is -0.340 e. The van der Waals surface area contributed by atoms with Crippen LogP contribution in [-0.2, 0) is 19.2 Å². The van der Waals surface area contributed by atoms with Crippen molar-refractivity contribution in [2.75, 3.05) is 54.4 Å². The van der Waals surface area contributed by atoms with E-state index in [0.29, 0.717) is 13.1 Å². The van der Waals surface area contributed by atoms with Gasteiger partial charge in [-0.2, -0.15) is 0 Å². The number of benzene rings is 4. The second kappa shape index (κ2) is 19.7. The molecule has 2 aliphatic heterocycles.